The van der Waals surface area contributed by atoms with Crippen LogP contribution in [0.15, 0.2) is 23.8 Å². The average Bonchev–Trinajstić information content (AvgIpc) is 2.16. The highest BCUT2D eigenvalue weighted by Crippen LogP contribution is 2.15. The van der Waals surface area contributed by atoms with E-state index in [1.165, 1.54) is 31.3 Å². The molecule has 0 N–H and O–H groups in total. The van der Waals surface area contributed by atoms with Crippen LogP contribution in [0, 0.1) is 5.92 Å². The zero-order valence-corrected chi connectivity index (χ0v) is 10.3. The van der Waals surface area contributed by atoms with Gasteiger partial charge in [-0.15, -0.1) is 0 Å². The molecule has 0 bridgehead atoms. The molecular weight excluding hydrogens is 168 g/mol. The molecule has 0 nitrogen and oxygen atoms in total. The molecule has 0 spiro atoms. The molecule has 0 aromatic carbocycles. The van der Waals surface area contributed by atoms with Crippen LogP contribution in [-0.4, -0.2) is 0 Å². The van der Waals surface area contributed by atoms with E-state index in [4.69, 9.17) is 0 Å². The summed E-state index contributed by atoms with van der Waals surface area (Å²) in [5.41, 5.74) is 1.51. The van der Waals surface area contributed by atoms with Gasteiger partial charge in [0.25, 0.3) is 0 Å². The number of hydrogen-bond acceptors (Lipinski definition) is 0. The molecule has 0 fully saturated rings. The first kappa shape index (κ1) is 13.5. The summed E-state index contributed by atoms with van der Waals surface area (Å²) in [5, 5.41) is 0. The minimum absolute atomic E-state index is 0.888. The molecule has 0 heterocycles. The number of hydrogen-bond donors (Lipinski definition) is 0. The Morgan fingerprint density at radius 1 is 1.21 bits per heavy atom. The lowest BCUT2D eigenvalue weighted by Gasteiger charge is -2.09. The highest BCUT2D eigenvalue weighted by Gasteiger charge is 1.99. The molecule has 14 heavy (non-hydrogen) atoms. The fraction of sp³-hybridized carbons (Fsp3) is 0.714. The largest absolute Gasteiger partial charge is 0.0848 e. The van der Waals surface area contributed by atoms with Gasteiger partial charge < -0.3 is 0 Å². The average molecular weight is 194 g/mol. The van der Waals surface area contributed by atoms with Crippen molar-refractivity contribution in [2.24, 2.45) is 5.92 Å². The summed E-state index contributed by atoms with van der Waals surface area (Å²) < 4.78 is 0. The second-order valence-corrected chi connectivity index (χ2v) is 4.28. The summed E-state index contributed by atoms with van der Waals surface area (Å²) in [4.78, 5) is 0. The lowest BCUT2D eigenvalue weighted by atomic mass is 9.97. The van der Waals surface area contributed by atoms with E-state index in [1.807, 2.05) is 0 Å². The molecule has 0 rings (SSSR count). The minimum Gasteiger partial charge on any atom is -0.0848 e. The SMILES string of the molecule is CCC=CC=C(C)CCC(C)CCC. The van der Waals surface area contributed by atoms with E-state index in [0.717, 1.165) is 12.3 Å². The highest BCUT2D eigenvalue weighted by molar-refractivity contribution is 5.10. The van der Waals surface area contributed by atoms with Gasteiger partial charge in [-0.3, -0.25) is 0 Å². The third-order valence-corrected chi connectivity index (χ3v) is 2.57. The number of rotatable bonds is 7. The lowest BCUT2D eigenvalue weighted by molar-refractivity contribution is 0.485. The molecule has 0 aromatic rings. The molecule has 0 heteroatoms. The van der Waals surface area contributed by atoms with Gasteiger partial charge in [0, 0.05) is 0 Å². The zero-order chi connectivity index (χ0) is 10.8. The summed E-state index contributed by atoms with van der Waals surface area (Å²) in [5.74, 6) is 0.888. The van der Waals surface area contributed by atoms with Crippen LogP contribution in [0.5, 0.6) is 0 Å². The van der Waals surface area contributed by atoms with Crippen molar-refractivity contribution >= 4 is 0 Å². The number of allylic oxidation sites excluding steroid dienone is 4. The van der Waals surface area contributed by atoms with Crippen molar-refractivity contribution < 1.29 is 0 Å². The molecule has 82 valence electrons. The van der Waals surface area contributed by atoms with Crippen LogP contribution < -0.4 is 0 Å². The standard InChI is InChI=1S/C14H26/c1-5-7-8-10-14(4)12-11-13(3)9-6-2/h7-8,10,13H,5-6,9,11-12H2,1-4H3. The molecule has 0 saturated heterocycles. The normalized spacial score (nSPS) is 15.0. The Bertz CT molecular complexity index is 174. The van der Waals surface area contributed by atoms with Crippen LogP contribution in [-0.2, 0) is 0 Å². The quantitative estimate of drug-likeness (QED) is 0.494. The predicted molar refractivity (Wildman–Crippen MR) is 66.5 cm³/mol. The second-order valence-electron chi connectivity index (χ2n) is 4.28. The Labute approximate surface area is 90.1 Å². The Hall–Kier alpha value is -0.520. The maximum atomic E-state index is 2.36. The van der Waals surface area contributed by atoms with Gasteiger partial charge in [-0.2, -0.15) is 0 Å². The molecule has 0 aliphatic rings. The summed E-state index contributed by atoms with van der Waals surface area (Å²) in [7, 11) is 0. The van der Waals surface area contributed by atoms with E-state index in [1.54, 1.807) is 0 Å². The Balaban J connectivity index is 3.66. The third-order valence-electron chi connectivity index (χ3n) is 2.57. The highest BCUT2D eigenvalue weighted by atomic mass is 14.1. The first-order valence-electron chi connectivity index (χ1n) is 6.03. The van der Waals surface area contributed by atoms with Crippen molar-refractivity contribution in [3.63, 3.8) is 0 Å². The topological polar surface area (TPSA) is 0 Å². The van der Waals surface area contributed by atoms with Crippen LogP contribution in [0.4, 0.5) is 0 Å². The molecule has 1 atom stereocenters. The molecule has 1 unspecified atom stereocenters. The molecule has 0 aliphatic carbocycles. The third kappa shape index (κ3) is 8.10. The first-order valence-corrected chi connectivity index (χ1v) is 6.03. The summed E-state index contributed by atoms with van der Waals surface area (Å²) in [6, 6.07) is 0. The smallest absolute Gasteiger partial charge is 0.0317 e. The van der Waals surface area contributed by atoms with Gasteiger partial charge in [0.05, 0.1) is 0 Å². The van der Waals surface area contributed by atoms with Gasteiger partial charge in [0.2, 0.25) is 0 Å². The van der Waals surface area contributed by atoms with Crippen molar-refractivity contribution in [2.45, 2.75) is 59.8 Å². The Kier molecular flexibility index (Phi) is 8.72. The van der Waals surface area contributed by atoms with E-state index in [2.05, 4.69) is 45.9 Å². The van der Waals surface area contributed by atoms with E-state index in [0.29, 0.717) is 0 Å². The van der Waals surface area contributed by atoms with E-state index in [9.17, 15) is 0 Å². The van der Waals surface area contributed by atoms with Crippen LogP contribution in [0.1, 0.15) is 59.8 Å². The van der Waals surface area contributed by atoms with Gasteiger partial charge in [-0.05, 0) is 32.1 Å². The van der Waals surface area contributed by atoms with Crippen LogP contribution in [0.2, 0.25) is 0 Å². The summed E-state index contributed by atoms with van der Waals surface area (Å²) in [6.07, 6.45) is 13.1. The van der Waals surface area contributed by atoms with Crippen molar-refractivity contribution in [3.8, 4) is 0 Å². The van der Waals surface area contributed by atoms with Gasteiger partial charge in [0.1, 0.15) is 0 Å². The molecule has 0 radical (unpaired) electrons. The monoisotopic (exact) mass is 194 g/mol. The second kappa shape index (κ2) is 9.05. The Morgan fingerprint density at radius 2 is 1.93 bits per heavy atom. The molecular formula is C14H26. The summed E-state index contributed by atoms with van der Waals surface area (Å²) in [6.45, 7) is 9.03. The van der Waals surface area contributed by atoms with Crippen LogP contribution in [0.25, 0.3) is 0 Å². The van der Waals surface area contributed by atoms with Crippen LogP contribution >= 0.6 is 0 Å². The lowest BCUT2D eigenvalue weighted by Crippen LogP contribution is -1.93. The fourth-order valence-electron chi connectivity index (χ4n) is 1.56. The molecule has 0 saturated carbocycles. The Morgan fingerprint density at radius 3 is 2.50 bits per heavy atom. The zero-order valence-electron chi connectivity index (χ0n) is 10.3. The minimum atomic E-state index is 0.888. The maximum Gasteiger partial charge on any atom is -0.0317 e. The first-order chi connectivity index (χ1) is 6.70. The van der Waals surface area contributed by atoms with E-state index < -0.39 is 0 Å². The fourth-order valence-corrected chi connectivity index (χ4v) is 1.56. The van der Waals surface area contributed by atoms with Gasteiger partial charge in [0.15, 0.2) is 0 Å². The van der Waals surface area contributed by atoms with Gasteiger partial charge >= 0.3 is 0 Å². The van der Waals surface area contributed by atoms with Crippen LogP contribution in [0.3, 0.4) is 0 Å². The predicted octanol–water partition coefficient (Wildman–Crippen LogP) is 5.12. The van der Waals surface area contributed by atoms with Crippen molar-refractivity contribution in [3.05, 3.63) is 23.8 Å². The van der Waals surface area contributed by atoms with Gasteiger partial charge in [-0.1, -0.05) is 57.4 Å². The van der Waals surface area contributed by atoms with Crippen molar-refractivity contribution in [2.75, 3.05) is 0 Å². The summed E-state index contributed by atoms with van der Waals surface area (Å²) >= 11 is 0. The maximum absolute atomic E-state index is 2.36. The molecule has 0 aliphatic heterocycles. The van der Waals surface area contributed by atoms with E-state index in [-0.39, 0.29) is 0 Å². The van der Waals surface area contributed by atoms with Crippen molar-refractivity contribution in [1.29, 1.82) is 0 Å². The van der Waals surface area contributed by atoms with Gasteiger partial charge in [-0.25, -0.2) is 0 Å². The van der Waals surface area contributed by atoms with E-state index >= 15 is 0 Å². The molecule has 0 aromatic heterocycles. The molecule has 0 amide bonds. The van der Waals surface area contributed by atoms with Crippen molar-refractivity contribution in [1.82, 2.24) is 0 Å².